The number of pyridine rings is 1. The van der Waals surface area contributed by atoms with Gasteiger partial charge in [-0.2, -0.15) is 0 Å². The number of aromatic nitrogens is 1. The van der Waals surface area contributed by atoms with Gasteiger partial charge in [-0.25, -0.2) is 18.0 Å². The van der Waals surface area contributed by atoms with Crippen molar-refractivity contribution in [1.29, 1.82) is 0 Å². The van der Waals surface area contributed by atoms with Crippen LogP contribution in [0.4, 0.5) is 23.7 Å². The number of halogens is 4. The van der Waals surface area contributed by atoms with Gasteiger partial charge < -0.3 is 20.3 Å². The molecule has 0 aliphatic carbocycles. The number of hydrogen-bond acceptors (Lipinski definition) is 3. The van der Waals surface area contributed by atoms with Crippen molar-refractivity contribution in [2.45, 2.75) is 19.4 Å². The smallest absolute Gasteiger partial charge is 0.322 e. The molecule has 2 amide bonds. The molecule has 0 aliphatic rings. The van der Waals surface area contributed by atoms with Gasteiger partial charge in [0.05, 0.1) is 16.5 Å². The molecule has 3 aromatic rings. The molecule has 0 unspecified atom stereocenters. The van der Waals surface area contributed by atoms with E-state index in [0.717, 1.165) is 12.1 Å². The fourth-order valence-corrected chi connectivity index (χ4v) is 3.48. The zero-order valence-corrected chi connectivity index (χ0v) is 17.1. The second kappa shape index (κ2) is 9.40. The largest absolute Gasteiger partial charge is 0.396 e. The van der Waals surface area contributed by atoms with Crippen LogP contribution in [-0.4, -0.2) is 34.2 Å². The van der Waals surface area contributed by atoms with E-state index in [2.05, 4.69) is 10.3 Å². The summed E-state index contributed by atoms with van der Waals surface area (Å²) in [7, 11) is 0. The third-order valence-corrected chi connectivity index (χ3v) is 5.19. The number of fused-ring (bicyclic) bond motifs is 1. The highest BCUT2D eigenvalue weighted by Crippen LogP contribution is 2.29. The Morgan fingerprint density at radius 2 is 1.94 bits per heavy atom. The van der Waals surface area contributed by atoms with Crippen LogP contribution in [0, 0.1) is 17.5 Å². The van der Waals surface area contributed by atoms with Gasteiger partial charge in [-0.1, -0.05) is 17.7 Å². The number of nitrogens with zero attached hydrogens (tertiary/aromatic N) is 1. The van der Waals surface area contributed by atoms with E-state index in [-0.39, 0.29) is 35.7 Å². The van der Waals surface area contributed by atoms with Gasteiger partial charge in [0.25, 0.3) is 5.56 Å². The number of carbonyl (C=O) groups excluding carboxylic acids is 1. The van der Waals surface area contributed by atoms with Gasteiger partial charge in [-0.3, -0.25) is 4.79 Å². The van der Waals surface area contributed by atoms with E-state index >= 15 is 0 Å². The minimum atomic E-state index is -1.28. The van der Waals surface area contributed by atoms with Gasteiger partial charge in [-0.05, 0) is 48.6 Å². The number of carbonyl (C=O) groups is 1. The molecule has 0 aliphatic heterocycles. The second-order valence-corrected chi connectivity index (χ2v) is 7.27. The lowest BCUT2D eigenvalue weighted by molar-refractivity contribution is 0.182. The predicted octanol–water partition coefficient (Wildman–Crippen LogP) is 4.58. The third kappa shape index (κ3) is 4.67. The van der Waals surface area contributed by atoms with Crippen molar-refractivity contribution in [1.82, 2.24) is 9.88 Å². The number of amides is 2. The minimum Gasteiger partial charge on any atom is -0.396 e. The van der Waals surface area contributed by atoms with Gasteiger partial charge in [-0.15, -0.1) is 0 Å². The van der Waals surface area contributed by atoms with Crippen LogP contribution in [-0.2, 0) is 0 Å². The summed E-state index contributed by atoms with van der Waals surface area (Å²) in [5, 5.41) is 11.4. The number of rotatable bonds is 6. The topological polar surface area (TPSA) is 85.4 Å². The van der Waals surface area contributed by atoms with Crippen molar-refractivity contribution in [3.8, 4) is 0 Å². The molecule has 10 heteroatoms. The Kier molecular flexibility index (Phi) is 6.87. The van der Waals surface area contributed by atoms with Gasteiger partial charge >= 0.3 is 6.03 Å². The Bertz CT molecular complexity index is 1190. The summed E-state index contributed by atoms with van der Waals surface area (Å²) >= 11 is 5.75. The number of aliphatic hydroxyl groups is 1. The summed E-state index contributed by atoms with van der Waals surface area (Å²) in [5.41, 5.74) is -0.175. The highest BCUT2D eigenvalue weighted by Gasteiger charge is 2.25. The van der Waals surface area contributed by atoms with Crippen LogP contribution in [0.5, 0.6) is 0 Å². The van der Waals surface area contributed by atoms with E-state index in [9.17, 15) is 27.9 Å². The molecule has 1 atom stereocenters. The monoisotopic (exact) mass is 453 g/mol. The maximum absolute atomic E-state index is 14.3. The lowest BCUT2D eigenvalue weighted by atomic mass is 10.0. The van der Waals surface area contributed by atoms with E-state index in [4.69, 9.17) is 11.6 Å². The molecule has 0 saturated carbocycles. The fraction of sp³-hybridized carbons (Fsp3) is 0.238. The first-order valence-electron chi connectivity index (χ1n) is 9.37. The SMILES string of the molecule is C[C@H](c1c[nH]c(=O)c2c(F)c(F)ccc12)N(CCCO)C(=O)Nc1ccc(F)c(Cl)c1. The third-order valence-electron chi connectivity index (χ3n) is 4.90. The van der Waals surface area contributed by atoms with Crippen molar-refractivity contribution in [2.24, 2.45) is 0 Å². The second-order valence-electron chi connectivity index (χ2n) is 6.86. The number of anilines is 1. The molecule has 1 aromatic heterocycles. The summed E-state index contributed by atoms with van der Waals surface area (Å²) in [6, 6.07) is 4.57. The first kappa shape index (κ1) is 22.6. The van der Waals surface area contributed by atoms with Gasteiger partial charge in [0, 0.05) is 25.0 Å². The highest BCUT2D eigenvalue weighted by atomic mass is 35.5. The molecule has 0 saturated heterocycles. The average molecular weight is 454 g/mol. The number of aromatic amines is 1. The first-order chi connectivity index (χ1) is 14.7. The van der Waals surface area contributed by atoms with Crippen LogP contribution in [0.3, 0.4) is 0 Å². The Morgan fingerprint density at radius 3 is 2.61 bits per heavy atom. The predicted molar refractivity (Wildman–Crippen MR) is 112 cm³/mol. The van der Waals surface area contributed by atoms with E-state index in [1.807, 2.05) is 0 Å². The molecule has 0 radical (unpaired) electrons. The molecule has 0 spiro atoms. The van der Waals surface area contributed by atoms with Gasteiger partial charge in [0.1, 0.15) is 5.82 Å². The van der Waals surface area contributed by atoms with Crippen molar-refractivity contribution < 1.29 is 23.1 Å². The molecule has 0 bridgehead atoms. The zero-order chi connectivity index (χ0) is 22.7. The van der Waals surface area contributed by atoms with Crippen LogP contribution in [0.2, 0.25) is 5.02 Å². The number of H-pyrrole nitrogens is 1. The van der Waals surface area contributed by atoms with E-state index in [1.165, 1.54) is 29.3 Å². The number of benzene rings is 2. The number of hydrogen-bond donors (Lipinski definition) is 3. The fourth-order valence-electron chi connectivity index (χ4n) is 3.30. The molecule has 164 valence electrons. The molecule has 1 heterocycles. The molecular weight excluding hydrogens is 435 g/mol. The van der Waals surface area contributed by atoms with Gasteiger partial charge in [0.2, 0.25) is 0 Å². The Balaban J connectivity index is 2.00. The summed E-state index contributed by atoms with van der Waals surface area (Å²) in [5.74, 6) is -3.08. The van der Waals surface area contributed by atoms with Crippen LogP contribution in [0.1, 0.15) is 24.9 Å². The van der Waals surface area contributed by atoms with E-state index in [0.29, 0.717) is 5.56 Å². The maximum atomic E-state index is 14.3. The first-order valence-corrected chi connectivity index (χ1v) is 9.75. The number of aliphatic hydroxyl groups excluding tert-OH is 1. The summed E-state index contributed by atoms with van der Waals surface area (Å²) in [4.78, 5) is 28.7. The minimum absolute atomic E-state index is 0.114. The molecule has 6 nitrogen and oxygen atoms in total. The van der Waals surface area contributed by atoms with Crippen LogP contribution in [0.25, 0.3) is 10.8 Å². The van der Waals surface area contributed by atoms with E-state index in [1.54, 1.807) is 6.92 Å². The lowest BCUT2D eigenvalue weighted by Gasteiger charge is -2.30. The van der Waals surface area contributed by atoms with Crippen molar-refractivity contribution in [3.63, 3.8) is 0 Å². The standard InChI is InChI=1S/C21H19ClF3N3O3/c1-11(14-10-26-20(30)18-13(14)4-6-17(24)19(18)25)28(7-2-8-29)21(31)27-12-3-5-16(23)15(22)9-12/h3-6,9-11,29H,2,7-8H2,1H3,(H,26,30)(H,27,31)/t11-/m1/s1. The summed E-state index contributed by atoms with van der Waals surface area (Å²) in [6.07, 6.45) is 1.58. The molecule has 0 fully saturated rings. The molecule has 3 rings (SSSR count). The average Bonchev–Trinajstić information content (AvgIpc) is 2.73. The molecular formula is C21H19ClF3N3O3. The summed E-state index contributed by atoms with van der Waals surface area (Å²) < 4.78 is 41.3. The van der Waals surface area contributed by atoms with Crippen LogP contribution < -0.4 is 10.9 Å². The van der Waals surface area contributed by atoms with Crippen molar-refractivity contribution >= 4 is 34.1 Å². The van der Waals surface area contributed by atoms with Crippen LogP contribution in [0.15, 0.2) is 41.3 Å². The highest BCUT2D eigenvalue weighted by molar-refractivity contribution is 6.31. The Labute approximate surface area is 180 Å². The summed E-state index contributed by atoms with van der Waals surface area (Å²) in [6.45, 7) is 1.57. The Morgan fingerprint density at radius 1 is 1.23 bits per heavy atom. The maximum Gasteiger partial charge on any atom is 0.322 e. The van der Waals surface area contributed by atoms with Crippen LogP contribution >= 0.6 is 11.6 Å². The Hall–Kier alpha value is -3.04. The molecule has 2 aromatic carbocycles. The number of nitrogens with one attached hydrogen (secondary N) is 2. The molecule has 3 N–H and O–H groups in total. The molecule has 31 heavy (non-hydrogen) atoms. The quantitative estimate of drug-likeness (QED) is 0.511. The van der Waals surface area contributed by atoms with Gasteiger partial charge in [0.15, 0.2) is 11.6 Å². The van der Waals surface area contributed by atoms with Crippen molar-refractivity contribution in [2.75, 3.05) is 18.5 Å². The van der Waals surface area contributed by atoms with Crippen molar-refractivity contribution in [3.05, 3.63) is 74.9 Å². The normalized spacial score (nSPS) is 12.1. The zero-order valence-electron chi connectivity index (χ0n) is 16.4. The lowest BCUT2D eigenvalue weighted by Crippen LogP contribution is -2.38. The van der Waals surface area contributed by atoms with E-state index < -0.39 is 40.5 Å². The number of urea groups is 1.